The molecule has 0 spiro atoms. The third-order valence-corrected chi connectivity index (χ3v) is 4.22. The molecule has 3 N–H and O–H groups in total. The van der Waals surface area contributed by atoms with Crippen molar-refractivity contribution in [3.05, 3.63) is 48.8 Å². The maximum Gasteiger partial charge on any atom is 0.290 e. The number of nitrogens with one attached hydrogen (secondary N) is 2. The number of benzene rings is 1. The van der Waals surface area contributed by atoms with Crippen molar-refractivity contribution in [1.82, 2.24) is 15.4 Å². The maximum atomic E-state index is 11.9. The molecular weight excluding hydrogens is 452 g/mol. The first-order chi connectivity index (χ1) is 10.9. The summed E-state index contributed by atoms with van der Waals surface area (Å²) >= 11 is 7.70. The van der Waals surface area contributed by atoms with Crippen molar-refractivity contribution >= 4 is 55.7 Å². The second-order valence-electron chi connectivity index (χ2n) is 4.16. The van der Waals surface area contributed by atoms with Gasteiger partial charge in [0.25, 0.3) is 11.5 Å². The number of phenols is 1. The lowest BCUT2D eigenvalue weighted by molar-refractivity contribution is 0.0949. The summed E-state index contributed by atoms with van der Waals surface area (Å²) in [5.41, 5.74) is 2.18. The molecule has 0 aliphatic heterocycles. The first kappa shape index (κ1) is 17.7. The van der Waals surface area contributed by atoms with Crippen molar-refractivity contribution < 1.29 is 9.90 Å². The van der Waals surface area contributed by atoms with Crippen molar-refractivity contribution in [2.24, 2.45) is 5.10 Å². The topological polar surface area (TPSA) is 107 Å². The highest BCUT2D eigenvalue weighted by Gasteiger charge is 2.10. The van der Waals surface area contributed by atoms with Crippen molar-refractivity contribution in [3.63, 3.8) is 0 Å². The van der Waals surface area contributed by atoms with Gasteiger partial charge >= 0.3 is 0 Å². The van der Waals surface area contributed by atoms with Gasteiger partial charge in [-0.1, -0.05) is 27.7 Å². The number of nitrogens with zero attached hydrogens (tertiary/aromatic N) is 2. The number of H-pyrrole nitrogens is 1. The van der Waals surface area contributed by atoms with Gasteiger partial charge < -0.3 is 10.1 Å². The zero-order chi connectivity index (χ0) is 17.0. The van der Waals surface area contributed by atoms with Gasteiger partial charge in [0.2, 0.25) is 0 Å². The van der Waals surface area contributed by atoms with E-state index in [2.05, 4.69) is 52.4 Å². The lowest BCUT2D eigenvalue weighted by Crippen LogP contribution is -2.22. The highest BCUT2D eigenvalue weighted by molar-refractivity contribution is 9.11. The third kappa shape index (κ3) is 4.66. The largest absolute Gasteiger partial charge is 0.506 e. The molecule has 0 radical (unpaired) electrons. The number of amides is 1. The average molecular weight is 462 g/mol. The van der Waals surface area contributed by atoms with Crippen molar-refractivity contribution in [1.29, 1.82) is 0 Å². The van der Waals surface area contributed by atoms with Crippen LogP contribution in [0, 0.1) is 0 Å². The number of halogens is 2. The number of thioether (sulfide) groups is 1. The summed E-state index contributed by atoms with van der Waals surface area (Å²) in [6.45, 7) is 0. The fourth-order valence-electron chi connectivity index (χ4n) is 1.55. The van der Waals surface area contributed by atoms with Crippen LogP contribution in [-0.2, 0) is 0 Å². The van der Waals surface area contributed by atoms with E-state index >= 15 is 0 Å². The van der Waals surface area contributed by atoms with Crippen LogP contribution in [0.3, 0.4) is 0 Å². The van der Waals surface area contributed by atoms with Crippen LogP contribution >= 0.6 is 43.6 Å². The van der Waals surface area contributed by atoms with Gasteiger partial charge in [0.05, 0.1) is 10.7 Å². The molecule has 0 aliphatic rings. The van der Waals surface area contributed by atoms with E-state index in [1.165, 1.54) is 18.0 Å². The van der Waals surface area contributed by atoms with E-state index < -0.39 is 11.5 Å². The number of hydrazone groups is 1. The summed E-state index contributed by atoms with van der Waals surface area (Å²) in [6.07, 6.45) is 3.01. The minimum absolute atomic E-state index is 0.00912. The smallest absolute Gasteiger partial charge is 0.290 e. The molecule has 2 rings (SSSR count). The number of hydrogen-bond donors (Lipinski definition) is 3. The van der Waals surface area contributed by atoms with Gasteiger partial charge in [0.1, 0.15) is 11.4 Å². The summed E-state index contributed by atoms with van der Waals surface area (Å²) in [7, 11) is 0. The highest BCUT2D eigenvalue weighted by atomic mass is 79.9. The Labute approximate surface area is 151 Å². The van der Waals surface area contributed by atoms with Crippen molar-refractivity contribution in [3.8, 4) is 5.75 Å². The van der Waals surface area contributed by atoms with E-state index in [0.717, 1.165) is 10.5 Å². The molecule has 0 unspecified atom stereocenters. The van der Waals surface area contributed by atoms with E-state index in [1.54, 1.807) is 18.4 Å². The van der Waals surface area contributed by atoms with Gasteiger partial charge in [-0.3, -0.25) is 9.59 Å². The number of aromatic hydroxyl groups is 1. The van der Waals surface area contributed by atoms with E-state index in [9.17, 15) is 14.7 Å². The Morgan fingerprint density at radius 3 is 2.87 bits per heavy atom. The van der Waals surface area contributed by atoms with Crippen LogP contribution in [0.4, 0.5) is 0 Å². The Bertz CT molecular complexity index is 838. The molecule has 0 saturated heterocycles. The van der Waals surface area contributed by atoms with E-state index in [4.69, 9.17) is 0 Å². The summed E-state index contributed by atoms with van der Waals surface area (Å²) in [6, 6.07) is 4.39. The van der Waals surface area contributed by atoms with Gasteiger partial charge in [-0.15, -0.1) is 0 Å². The molecule has 0 atom stereocenters. The molecule has 2 aromatic rings. The third-order valence-electron chi connectivity index (χ3n) is 2.57. The summed E-state index contributed by atoms with van der Waals surface area (Å²) in [4.78, 5) is 29.8. The number of aromatic amines is 1. The lowest BCUT2D eigenvalue weighted by atomic mass is 10.2. The zero-order valence-corrected chi connectivity index (χ0v) is 15.6. The fraction of sp³-hybridized carbons (Fsp3) is 0.0769. The maximum absolute atomic E-state index is 11.9. The molecule has 0 saturated carbocycles. The number of phenolic OH excluding ortho intramolecular Hbond substituents is 1. The van der Waals surface area contributed by atoms with Crippen LogP contribution in [0.25, 0.3) is 0 Å². The lowest BCUT2D eigenvalue weighted by Gasteiger charge is -2.03. The van der Waals surface area contributed by atoms with E-state index in [-0.39, 0.29) is 11.4 Å². The molecule has 0 aliphatic carbocycles. The van der Waals surface area contributed by atoms with Crippen molar-refractivity contribution in [2.45, 2.75) is 5.16 Å². The van der Waals surface area contributed by atoms with Crippen LogP contribution < -0.4 is 11.0 Å². The highest BCUT2D eigenvalue weighted by Crippen LogP contribution is 2.30. The Morgan fingerprint density at radius 1 is 1.43 bits per heavy atom. The minimum atomic E-state index is -0.629. The number of hydrogen-bond acceptors (Lipinski definition) is 6. The monoisotopic (exact) mass is 460 g/mol. The average Bonchev–Trinajstić information content (AvgIpc) is 2.51. The molecule has 0 fully saturated rings. The van der Waals surface area contributed by atoms with Crippen LogP contribution in [-0.4, -0.2) is 33.5 Å². The van der Waals surface area contributed by atoms with Crippen LogP contribution in [0.2, 0.25) is 0 Å². The molecule has 0 bridgehead atoms. The summed E-state index contributed by atoms with van der Waals surface area (Å²) < 4.78 is 1.22. The molecule has 10 heteroatoms. The number of rotatable bonds is 4. The van der Waals surface area contributed by atoms with Gasteiger partial charge in [0, 0.05) is 16.1 Å². The Balaban J connectivity index is 2.16. The number of carbonyl (C=O) groups is 1. The van der Waals surface area contributed by atoms with Crippen LogP contribution in [0.5, 0.6) is 5.75 Å². The van der Waals surface area contributed by atoms with Crippen LogP contribution in [0.15, 0.2) is 42.2 Å². The molecule has 1 aromatic heterocycles. The minimum Gasteiger partial charge on any atom is -0.506 e. The second kappa shape index (κ2) is 7.75. The van der Waals surface area contributed by atoms with Gasteiger partial charge in [-0.25, -0.2) is 10.4 Å². The van der Waals surface area contributed by atoms with Crippen molar-refractivity contribution in [2.75, 3.05) is 6.26 Å². The quantitative estimate of drug-likeness (QED) is 0.280. The first-order valence-electron chi connectivity index (χ1n) is 6.07. The Kier molecular flexibility index (Phi) is 5.97. The van der Waals surface area contributed by atoms with Gasteiger partial charge in [-0.05, 0) is 34.3 Å². The Hall–Kier alpha value is -1.65. The van der Waals surface area contributed by atoms with E-state index in [1.807, 2.05) is 0 Å². The SMILES string of the molecule is CSc1nc(C(=O)N/N=C\c2cc(Br)cc(Br)c2O)cc(=O)[nH]1. The fourth-order valence-corrected chi connectivity index (χ4v) is 3.20. The van der Waals surface area contributed by atoms with Crippen LogP contribution in [0.1, 0.15) is 16.1 Å². The molecule has 1 heterocycles. The standard InChI is InChI=1S/C13H10Br2N4O3S/c1-23-13-17-9(4-10(20)18-13)12(22)19-16-5-6-2-7(14)3-8(15)11(6)21/h2-5,21H,1H3,(H,19,22)(H,17,18,20)/b16-5-. The predicted octanol–water partition coefficient (Wildman–Crippen LogP) is 2.49. The number of carbonyl (C=O) groups excluding carboxylic acids is 1. The Morgan fingerprint density at radius 2 is 2.17 bits per heavy atom. The van der Waals surface area contributed by atoms with Gasteiger partial charge in [0.15, 0.2) is 5.16 Å². The summed E-state index contributed by atoms with van der Waals surface area (Å²) in [5.74, 6) is -0.638. The summed E-state index contributed by atoms with van der Waals surface area (Å²) in [5, 5.41) is 14.0. The molecule has 23 heavy (non-hydrogen) atoms. The molecule has 1 amide bonds. The van der Waals surface area contributed by atoms with E-state index in [0.29, 0.717) is 15.2 Å². The second-order valence-corrected chi connectivity index (χ2v) is 6.73. The predicted molar refractivity (Wildman–Crippen MR) is 95.2 cm³/mol. The molecule has 120 valence electrons. The first-order valence-corrected chi connectivity index (χ1v) is 8.88. The molecule has 7 nitrogen and oxygen atoms in total. The molecule has 1 aromatic carbocycles. The normalized spacial score (nSPS) is 10.9. The molecular formula is C13H10Br2N4O3S. The number of aromatic nitrogens is 2. The van der Waals surface area contributed by atoms with Gasteiger partial charge in [-0.2, -0.15) is 5.10 Å². The zero-order valence-electron chi connectivity index (χ0n) is 11.6.